The van der Waals surface area contributed by atoms with Crippen molar-refractivity contribution < 1.29 is 9.59 Å². The van der Waals surface area contributed by atoms with Crippen molar-refractivity contribution in [3.8, 4) is 0 Å². The van der Waals surface area contributed by atoms with Gasteiger partial charge in [-0.3, -0.25) is 9.59 Å². The number of thioether (sulfide) groups is 1. The van der Waals surface area contributed by atoms with E-state index in [1.165, 1.54) is 11.8 Å². The Morgan fingerprint density at radius 2 is 2.07 bits per heavy atom. The summed E-state index contributed by atoms with van der Waals surface area (Å²) in [6.45, 7) is 1.96. The Morgan fingerprint density at radius 1 is 1.28 bits per heavy atom. The van der Waals surface area contributed by atoms with Gasteiger partial charge in [0.05, 0.1) is 10.6 Å². The third kappa shape index (κ3) is 3.92. The van der Waals surface area contributed by atoms with E-state index in [-0.39, 0.29) is 12.5 Å². The average Bonchev–Trinajstić information content (AvgIpc) is 3.19. The number of nitrogens with zero attached hydrogens (tertiary/aromatic N) is 2. The molecule has 0 bridgehead atoms. The molecule has 0 atom stereocenters. The van der Waals surface area contributed by atoms with Gasteiger partial charge in [0.25, 0.3) is 5.91 Å². The highest BCUT2D eigenvalue weighted by atomic mass is 35.5. The van der Waals surface area contributed by atoms with Gasteiger partial charge in [0.2, 0.25) is 5.91 Å². The summed E-state index contributed by atoms with van der Waals surface area (Å²) in [6, 6.07) is 13.1. The lowest BCUT2D eigenvalue weighted by Gasteiger charge is -2.02. The third-order valence-electron chi connectivity index (χ3n) is 4.54. The van der Waals surface area contributed by atoms with Gasteiger partial charge in [-0.05, 0) is 48.5 Å². The van der Waals surface area contributed by atoms with E-state index in [0.717, 1.165) is 22.0 Å². The summed E-state index contributed by atoms with van der Waals surface area (Å²) >= 11 is 7.41. The highest BCUT2D eigenvalue weighted by Crippen LogP contribution is 2.32. The van der Waals surface area contributed by atoms with Gasteiger partial charge < -0.3 is 15.6 Å². The normalized spacial score (nSPS) is 16.7. The number of benzene rings is 2. The number of hydrogen-bond donors (Lipinski definition) is 2. The van der Waals surface area contributed by atoms with Crippen LogP contribution in [0.4, 0.5) is 5.69 Å². The Hall–Kier alpha value is -3.03. The number of nitrogens with one attached hydrogen (secondary N) is 1. The van der Waals surface area contributed by atoms with E-state index < -0.39 is 5.91 Å². The van der Waals surface area contributed by atoms with Crippen LogP contribution in [0.15, 0.2) is 58.6 Å². The van der Waals surface area contributed by atoms with Crippen LogP contribution >= 0.6 is 23.4 Å². The van der Waals surface area contributed by atoms with Crippen LogP contribution in [-0.4, -0.2) is 21.5 Å². The van der Waals surface area contributed by atoms with Crippen molar-refractivity contribution in [2.45, 2.75) is 13.5 Å². The van der Waals surface area contributed by atoms with E-state index in [1.807, 2.05) is 49.5 Å². The van der Waals surface area contributed by atoms with Crippen molar-refractivity contribution in [2.24, 2.45) is 10.7 Å². The number of nitrogens with two attached hydrogens (primary N) is 1. The van der Waals surface area contributed by atoms with Crippen LogP contribution in [-0.2, 0) is 16.1 Å². The summed E-state index contributed by atoms with van der Waals surface area (Å²) in [6.07, 6.45) is 3.62. The minimum absolute atomic E-state index is 0.0732. The Bertz CT molecular complexity index is 1210. The summed E-state index contributed by atoms with van der Waals surface area (Å²) in [5, 5.41) is 4.84. The summed E-state index contributed by atoms with van der Waals surface area (Å²) in [4.78, 5) is 28.9. The maximum absolute atomic E-state index is 12.5. The zero-order valence-corrected chi connectivity index (χ0v) is 17.1. The number of aliphatic imine (C=N–C) groups is 1. The Kier molecular flexibility index (Phi) is 5.17. The molecular formula is C21H17ClN4O2S. The van der Waals surface area contributed by atoms with Crippen molar-refractivity contribution in [1.29, 1.82) is 0 Å². The topological polar surface area (TPSA) is 89.5 Å². The highest BCUT2D eigenvalue weighted by molar-refractivity contribution is 8.18. The van der Waals surface area contributed by atoms with Gasteiger partial charge in [-0.2, -0.15) is 0 Å². The zero-order valence-electron chi connectivity index (χ0n) is 15.5. The number of fused-ring (bicyclic) bond motifs is 1. The van der Waals surface area contributed by atoms with Crippen LogP contribution < -0.4 is 11.1 Å². The molecule has 1 aromatic heterocycles. The van der Waals surface area contributed by atoms with Crippen LogP contribution in [0.25, 0.3) is 17.0 Å². The molecule has 1 aliphatic heterocycles. The molecule has 29 heavy (non-hydrogen) atoms. The number of amides is 2. The van der Waals surface area contributed by atoms with E-state index in [0.29, 0.717) is 20.8 Å². The van der Waals surface area contributed by atoms with Crippen molar-refractivity contribution in [2.75, 3.05) is 0 Å². The molecule has 0 radical (unpaired) electrons. The third-order valence-corrected chi connectivity index (χ3v) is 5.86. The lowest BCUT2D eigenvalue weighted by atomic mass is 10.1. The number of halogens is 1. The first-order valence-corrected chi connectivity index (χ1v) is 10.0. The van der Waals surface area contributed by atoms with Gasteiger partial charge in [0.1, 0.15) is 6.54 Å². The Labute approximate surface area is 176 Å². The van der Waals surface area contributed by atoms with Crippen molar-refractivity contribution in [3.63, 3.8) is 0 Å². The fourth-order valence-corrected chi connectivity index (χ4v) is 4.13. The molecule has 3 N–H and O–H groups in total. The largest absolute Gasteiger partial charge is 0.368 e. The molecule has 1 aliphatic rings. The van der Waals surface area contributed by atoms with Crippen LogP contribution in [0.3, 0.4) is 0 Å². The Morgan fingerprint density at radius 3 is 2.86 bits per heavy atom. The lowest BCUT2D eigenvalue weighted by Crippen LogP contribution is -2.19. The second-order valence-electron chi connectivity index (χ2n) is 6.56. The van der Waals surface area contributed by atoms with E-state index >= 15 is 0 Å². The van der Waals surface area contributed by atoms with E-state index in [1.54, 1.807) is 16.7 Å². The summed E-state index contributed by atoms with van der Waals surface area (Å²) in [5.74, 6) is -0.649. The number of primary amides is 1. The Balaban J connectivity index is 1.69. The van der Waals surface area contributed by atoms with Crippen molar-refractivity contribution in [1.82, 2.24) is 9.88 Å². The number of carbonyl (C=O) groups excluding carboxylic acids is 2. The molecule has 3 aromatic rings. The maximum Gasteiger partial charge on any atom is 0.264 e. The second kappa shape index (κ2) is 7.77. The quantitative estimate of drug-likeness (QED) is 0.621. The molecule has 0 unspecified atom stereocenters. The molecule has 2 heterocycles. The highest BCUT2D eigenvalue weighted by Gasteiger charge is 2.24. The number of carbonyl (C=O) groups is 2. The molecule has 0 aliphatic carbocycles. The summed E-state index contributed by atoms with van der Waals surface area (Å²) < 4.78 is 1.78. The SMILES string of the molecule is Cc1c(Cl)cccc1N=C1NC(=O)/C(=C/c2cn(CC(N)=O)c3ccccc23)S1. The van der Waals surface area contributed by atoms with E-state index in [9.17, 15) is 9.59 Å². The van der Waals surface area contributed by atoms with Crippen LogP contribution in [0.2, 0.25) is 5.02 Å². The number of hydrogen-bond acceptors (Lipinski definition) is 4. The smallest absolute Gasteiger partial charge is 0.264 e. The summed E-state index contributed by atoms with van der Waals surface area (Å²) in [7, 11) is 0. The number of aromatic nitrogens is 1. The standard InChI is InChI=1S/C21H17ClN4O2S/c1-12-15(22)6-4-7-16(12)24-21-25-20(28)18(29-21)9-13-10-26(11-19(23)27)17-8-3-2-5-14(13)17/h2-10H,11H2,1H3,(H2,23,27)(H,24,25,28)/b18-9-. The molecule has 146 valence electrons. The van der Waals surface area contributed by atoms with Crippen LogP contribution in [0, 0.1) is 6.92 Å². The van der Waals surface area contributed by atoms with E-state index in [4.69, 9.17) is 17.3 Å². The second-order valence-corrected chi connectivity index (χ2v) is 8.00. The van der Waals surface area contributed by atoms with E-state index in [2.05, 4.69) is 10.3 Å². The molecule has 1 fully saturated rings. The van der Waals surface area contributed by atoms with Gasteiger partial charge in [-0.15, -0.1) is 0 Å². The first-order valence-electron chi connectivity index (χ1n) is 8.83. The van der Waals surface area contributed by atoms with Gasteiger partial charge in [0, 0.05) is 27.7 Å². The molecule has 0 saturated carbocycles. The molecule has 6 nitrogen and oxygen atoms in total. The molecule has 0 spiro atoms. The number of amidine groups is 1. The average molecular weight is 425 g/mol. The van der Waals surface area contributed by atoms with Crippen LogP contribution in [0.1, 0.15) is 11.1 Å². The predicted molar refractivity (Wildman–Crippen MR) is 118 cm³/mol. The van der Waals surface area contributed by atoms with Gasteiger partial charge in [0.15, 0.2) is 5.17 Å². The first-order chi connectivity index (χ1) is 13.9. The molecular weight excluding hydrogens is 408 g/mol. The minimum Gasteiger partial charge on any atom is -0.368 e. The summed E-state index contributed by atoms with van der Waals surface area (Å²) in [5.41, 5.74) is 8.63. The minimum atomic E-state index is -0.427. The van der Waals surface area contributed by atoms with Gasteiger partial charge >= 0.3 is 0 Å². The van der Waals surface area contributed by atoms with Crippen molar-refractivity contribution in [3.05, 3.63) is 69.7 Å². The van der Waals surface area contributed by atoms with Crippen LogP contribution in [0.5, 0.6) is 0 Å². The fraction of sp³-hybridized carbons (Fsp3) is 0.0952. The predicted octanol–water partition coefficient (Wildman–Crippen LogP) is 3.98. The zero-order chi connectivity index (χ0) is 20.5. The lowest BCUT2D eigenvalue weighted by molar-refractivity contribution is -0.118. The molecule has 8 heteroatoms. The fourth-order valence-electron chi connectivity index (χ4n) is 3.14. The first kappa shape index (κ1) is 19.3. The van der Waals surface area contributed by atoms with Gasteiger partial charge in [-0.1, -0.05) is 35.9 Å². The van der Waals surface area contributed by atoms with Crippen molar-refractivity contribution >= 4 is 63.0 Å². The number of rotatable bonds is 4. The molecule has 1 saturated heterocycles. The molecule has 2 amide bonds. The monoisotopic (exact) mass is 424 g/mol. The molecule has 2 aromatic carbocycles. The van der Waals surface area contributed by atoms with Gasteiger partial charge in [-0.25, -0.2) is 4.99 Å². The number of para-hydroxylation sites is 1. The maximum atomic E-state index is 12.5. The molecule has 4 rings (SSSR count).